The van der Waals surface area contributed by atoms with Crippen LogP contribution in [0.3, 0.4) is 0 Å². The molecule has 20 heavy (non-hydrogen) atoms. The molecule has 0 saturated carbocycles. The average Bonchev–Trinajstić information content (AvgIpc) is 2.56. The van der Waals surface area contributed by atoms with Crippen LogP contribution in [0, 0.1) is 13.8 Å². The summed E-state index contributed by atoms with van der Waals surface area (Å²) in [5.41, 5.74) is 4.69. The van der Waals surface area contributed by atoms with Crippen molar-refractivity contribution in [3.8, 4) is 5.75 Å². The molecule has 0 fully saturated rings. The second kappa shape index (κ2) is 4.67. The topological polar surface area (TPSA) is 46.5 Å². The summed E-state index contributed by atoms with van der Waals surface area (Å²) < 4.78 is 5.83. The van der Waals surface area contributed by atoms with Crippen molar-refractivity contribution in [3.63, 3.8) is 0 Å². The molecule has 1 atom stereocenters. The second-order valence-electron chi connectivity index (χ2n) is 5.23. The summed E-state index contributed by atoms with van der Waals surface area (Å²) >= 11 is 0. The van der Waals surface area contributed by atoms with Gasteiger partial charge in [0.15, 0.2) is 0 Å². The minimum atomic E-state index is -0.840. The number of carbonyl (C=O) groups is 1. The van der Waals surface area contributed by atoms with E-state index >= 15 is 0 Å². The molecule has 2 aromatic rings. The first-order valence-corrected chi connectivity index (χ1v) is 6.62. The molecule has 2 aromatic carbocycles. The highest BCUT2D eigenvalue weighted by Crippen LogP contribution is 2.38. The second-order valence-corrected chi connectivity index (χ2v) is 5.23. The number of fused-ring (bicyclic) bond motifs is 2. The lowest BCUT2D eigenvalue weighted by Crippen LogP contribution is -2.14. The molecule has 1 heterocycles. The summed E-state index contributed by atoms with van der Waals surface area (Å²) in [5.74, 6) is -0.827. The van der Waals surface area contributed by atoms with Gasteiger partial charge in [0, 0.05) is 5.56 Å². The predicted octanol–water partition coefficient (Wildman–Crippen LogP) is 3.41. The largest absolute Gasteiger partial charge is 0.489 e. The minimum absolute atomic E-state index is 0.412. The lowest BCUT2D eigenvalue weighted by atomic mass is 9.87. The summed E-state index contributed by atoms with van der Waals surface area (Å²) in [6.45, 7) is 4.41. The van der Waals surface area contributed by atoms with Crippen molar-refractivity contribution in [1.29, 1.82) is 0 Å². The molecule has 0 unspecified atom stereocenters. The van der Waals surface area contributed by atoms with Crippen LogP contribution in [-0.2, 0) is 11.4 Å². The number of carboxylic acid groups (broad SMARTS) is 1. The first kappa shape index (κ1) is 12.7. The lowest BCUT2D eigenvalue weighted by Gasteiger charge is -2.16. The van der Waals surface area contributed by atoms with Crippen molar-refractivity contribution in [1.82, 2.24) is 0 Å². The zero-order valence-electron chi connectivity index (χ0n) is 11.5. The van der Waals surface area contributed by atoms with Crippen LogP contribution in [0.5, 0.6) is 5.75 Å². The van der Waals surface area contributed by atoms with Crippen LogP contribution in [0.4, 0.5) is 0 Å². The van der Waals surface area contributed by atoms with Crippen LogP contribution in [0.2, 0.25) is 0 Å². The molecule has 0 aromatic heterocycles. The third kappa shape index (κ3) is 1.95. The van der Waals surface area contributed by atoms with Crippen LogP contribution in [0.25, 0.3) is 0 Å². The molecule has 0 aliphatic carbocycles. The molecule has 3 heteroatoms. The number of aliphatic carboxylic acids is 1. The van der Waals surface area contributed by atoms with Crippen molar-refractivity contribution in [2.24, 2.45) is 0 Å². The Morgan fingerprint density at radius 2 is 1.85 bits per heavy atom. The number of benzene rings is 2. The van der Waals surface area contributed by atoms with Crippen molar-refractivity contribution in [3.05, 3.63) is 64.2 Å². The fourth-order valence-electron chi connectivity index (χ4n) is 2.70. The molecular formula is C17H16O3. The number of aryl methyl sites for hydroxylation is 2. The molecule has 1 N–H and O–H groups in total. The van der Waals surface area contributed by atoms with E-state index in [4.69, 9.17) is 4.74 Å². The van der Waals surface area contributed by atoms with E-state index in [1.807, 2.05) is 50.2 Å². The third-order valence-corrected chi connectivity index (χ3v) is 3.93. The van der Waals surface area contributed by atoms with Gasteiger partial charge in [-0.05, 0) is 42.2 Å². The van der Waals surface area contributed by atoms with E-state index in [9.17, 15) is 9.90 Å². The van der Waals surface area contributed by atoms with E-state index < -0.39 is 11.9 Å². The first-order chi connectivity index (χ1) is 9.58. The maximum atomic E-state index is 11.8. The summed E-state index contributed by atoms with van der Waals surface area (Å²) in [4.78, 5) is 11.8. The number of rotatable bonds is 1. The Kier molecular flexibility index (Phi) is 2.97. The summed E-state index contributed by atoms with van der Waals surface area (Å²) in [6, 6.07) is 11.5. The number of hydrogen-bond acceptors (Lipinski definition) is 2. The normalized spacial score (nSPS) is 16.6. The standard InChI is InChI=1S/C17H16O3/c1-10-7-14-15(8-11(10)2)20-9-12-5-3-4-6-13(12)16(14)17(18)19/h3-8,16H,9H2,1-2H3,(H,18,19)/t16-/m0/s1. The van der Waals surface area contributed by atoms with Gasteiger partial charge in [0.1, 0.15) is 18.3 Å². The van der Waals surface area contributed by atoms with Crippen LogP contribution >= 0.6 is 0 Å². The average molecular weight is 268 g/mol. The quantitative estimate of drug-likeness (QED) is 0.862. The predicted molar refractivity (Wildman–Crippen MR) is 76.2 cm³/mol. The fourth-order valence-corrected chi connectivity index (χ4v) is 2.70. The Balaban J connectivity index is 2.27. The third-order valence-electron chi connectivity index (χ3n) is 3.93. The minimum Gasteiger partial charge on any atom is -0.489 e. The van der Waals surface area contributed by atoms with Gasteiger partial charge >= 0.3 is 5.97 Å². The Hall–Kier alpha value is -2.29. The Bertz CT molecular complexity index is 689. The van der Waals surface area contributed by atoms with Gasteiger partial charge in [-0.25, -0.2) is 0 Å². The monoisotopic (exact) mass is 268 g/mol. The van der Waals surface area contributed by atoms with E-state index in [-0.39, 0.29) is 0 Å². The lowest BCUT2D eigenvalue weighted by molar-refractivity contribution is -0.137. The number of carboxylic acids is 1. The molecule has 1 aliphatic heterocycles. The van der Waals surface area contributed by atoms with Gasteiger partial charge in [-0.15, -0.1) is 0 Å². The highest BCUT2D eigenvalue weighted by molar-refractivity contribution is 5.82. The molecule has 102 valence electrons. The number of ether oxygens (including phenoxy) is 1. The van der Waals surface area contributed by atoms with E-state index in [1.54, 1.807) is 0 Å². The Morgan fingerprint density at radius 3 is 2.60 bits per heavy atom. The highest BCUT2D eigenvalue weighted by atomic mass is 16.5. The first-order valence-electron chi connectivity index (χ1n) is 6.62. The summed E-state index contributed by atoms with van der Waals surface area (Å²) in [7, 11) is 0. The fraction of sp³-hybridized carbons (Fsp3) is 0.235. The van der Waals surface area contributed by atoms with E-state index in [0.29, 0.717) is 12.4 Å². The van der Waals surface area contributed by atoms with Gasteiger partial charge in [-0.1, -0.05) is 30.3 Å². The van der Waals surface area contributed by atoms with Gasteiger partial charge in [-0.3, -0.25) is 4.79 Å². The van der Waals surface area contributed by atoms with Crippen LogP contribution in [-0.4, -0.2) is 11.1 Å². The molecular weight excluding hydrogens is 252 g/mol. The zero-order chi connectivity index (χ0) is 14.3. The molecule has 3 nitrogen and oxygen atoms in total. The Morgan fingerprint density at radius 1 is 1.15 bits per heavy atom. The van der Waals surface area contributed by atoms with E-state index in [0.717, 1.165) is 27.8 Å². The van der Waals surface area contributed by atoms with E-state index in [1.165, 1.54) is 0 Å². The van der Waals surface area contributed by atoms with Gasteiger partial charge in [0.2, 0.25) is 0 Å². The highest BCUT2D eigenvalue weighted by Gasteiger charge is 2.30. The van der Waals surface area contributed by atoms with Crippen LogP contribution in [0.15, 0.2) is 36.4 Å². The molecule has 0 amide bonds. The van der Waals surface area contributed by atoms with Crippen molar-refractivity contribution < 1.29 is 14.6 Å². The molecule has 1 aliphatic rings. The van der Waals surface area contributed by atoms with Crippen molar-refractivity contribution in [2.75, 3.05) is 0 Å². The maximum absolute atomic E-state index is 11.8. The molecule has 3 rings (SSSR count). The number of hydrogen-bond donors (Lipinski definition) is 1. The van der Waals surface area contributed by atoms with Crippen LogP contribution in [0.1, 0.15) is 33.7 Å². The van der Waals surface area contributed by atoms with Crippen LogP contribution < -0.4 is 4.74 Å². The zero-order valence-corrected chi connectivity index (χ0v) is 11.5. The molecule has 0 spiro atoms. The summed E-state index contributed by atoms with van der Waals surface area (Å²) in [5, 5.41) is 9.66. The molecule has 0 saturated heterocycles. The van der Waals surface area contributed by atoms with Crippen molar-refractivity contribution in [2.45, 2.75) is 26.4 Å². The maximum Gasteiger partial charge on any atom is 0.315 e. The summed E-state index contributed by atoms with van der Waals surface area (Å²) in [6.07, 6.45) is 0. The van der Waals surface area contributed by atoms with Gasteiger partial charge < -0.3 is 9.84 Å². The van der Waals surface area contributed by atoms with E-state index in [2.05, 4.69) is 0 Å². The molecule has 0 radical (unpaired) electrons. The van der Waals surface area contributed by atoms with Gasteiger partial charge in [0.05, 0.1) is 0 Å². The SMILES string of the molecule is Cc1cc2c(cc1C)[C@@H](C(=O)O)c1ccccc1CO2. The Labute approximate surface area is 117 Å². The smallest absolute Gasteiger partial charge is 0.315 e. The van der Waals surface area contributed by atoms with Gasteiger partial charge in [-0.2, -0.15) is 0 Å². The van der Waals surface area contributed by atoms with Gasteiger partial charge in [0.25, 0.3) is 0 Å². The van der Waals surface area contributed by atoms with Crippen molar-refractivity contribution >= 4 is 5.97 Å². The molecule has 0 bridgehead atoms.